The van der Waals surface area contributed by atoms with Crippen LogP contribution in [-0.4, -0.2) is 54.3 Å². The van der Waals surface area contributed by atoms with Gasteiger partial charge in [0.15, 0.2) is 11.9 Å². The van der Waals surface area contributed by atoms with E-state index in [-0.39, 0.29) is 0 Å². The zero-order valence-electron chi connectivity index (χ0n) is 16.7. The first-order chi connectivity index (χ1) is 13.1. The number of H-pyrrole nitrogens is 1. The summed E-state index contributed by atoms with van der Waals surface area (Å²) in [7, 11) is 1.75. The van der Waals surface area contributed by atoms with Crippen molar-refractivity contribution < 1.29 is 0 Å². The zero-order valence-corrected chi connectivity index (χ0v) is 17.5. The van der Waals surface area contributed by atoms with Crippen molar-refractivity contribution >= 4 is 23.7 Å². The molecule has 0 saturated heterocycles. The quantitative estimate of drug-likeness (QED) is 0.147. The number of nitrogens with one attached hydrogen (secondary N) is 7. The van der Waals surface area contributed by atoms with Crippen molar-refractivity contribution in [3.05, 3.63) is 17.7 Å². The lowest BCUT2D eigenvalue weighted by Crippen LogP contribution is -2.37. The van der Waals surface area contributed by atoms with E-state index in [4.69, 9.17) is 10.8 Å². The molecule has 8 nitrogen and oxygen atoms in total. The summed E-state index contributed by atoms with van der Waals surface area (Å²) in [6.07, 6.45) is 8.79. The van der Waals surface area contributed by atoms with E-state index in [1.165, 1.54) is 25.7 Å². The predicted octanol–water partition coefficient (Wildman–Crippen LogP) is 2.15. The molecule has 0 aliphatic rings. The number of nitrogens with zero attached hydrogens (tertiary/aromatic N) is 1. The summed E-state index contributed by atoms with van der Waals surface area (Å²) in [6.45, 7) is 4.55. The van der Waals surface area contributed by atoms with Gasteiger partial charge in [-0.3, -0.25) is 10.8 Å². The Morgan fingerprint density at radius 1 is 0.963 bits per heavy atom. The molecule has 0 bridgehead atoms. The molecule has 27 heavy (non-hydrogen) atoms. The first-order valence-corrected chi connectivity index (χ1v) is 10.9. The number of imidazole rings is 1. The molecular weight excluding hydrogens is 360 g/mol. The van der Waals surface area contributed by atoms with E-state index in [1.807, 2.05) is 18.7 Å². The molecule has 0 amide bonds. The monoisotopic (exact) mass is 396 g/mol. The molecule has 0 aliphatic carbocycles. The van der Waals surface area contributed by atoms with E-state index in [0.717, 1.165) is 55.4 Å². The summed E-state index contributed by atoms with van der Waals surface area (Å²) >= 11 is 1.82. The average molecular weight is 397 g/mol. The normalized spacial score (nSPS) is 10.4. The second kappa shape index (κ2) is 15.2. The number of aryl methyl sites for hydroxylation is 1. The molecule has 0 radical (unpaired) electrons. The highest BCUT2D eigenvalue weighted by atomic mass is 32.2. The Kier molecular flexibility index (Phi) is 13.0. The van der Waals surface area contributed by atoms with E-state index in [0.29, 0.717) is 11.9 Å². The minimum Gasteiger partial charge on any atom is -0.360 e. The number of guanidine groups is 2. The van der Waals surface area contributed by atoms with Crippen molar-refractivity contribution in [3.8, 4) is 0 Å². The van der Waals surface area contributed by atoms with Crippen LogP contribution >= 0.6 is 11.8 Å². The summed E-state index contributed by atoms with van der Waals surface area (Å²) in [5.41, 5.74) is 2.25. The van der Waals surface area contributed by atoms with Crippen molar-refractivity contribution in [3.63, 3.8) is 0 Å². The van der Waals surface area contributed by atoms with Crippen molar-refractivity contribution in [2.45, 2.75) is 51.2 Å². The van der Waals surface area contributed by atoms with Crippen LogP contribution in [0.1, 0.15) is 49.9 Å². The van der Waals surface area contributed by atoms with Gasteiger partial charge in [-0.25, -0.2) is 4.98 Å². The number of hydrogen-bond acceptors (Lipinski definition) is 4. The number of hydrogen-bond donors (Lipinski definition) is 7. The van der Waals surface area contributed by atoms with Gasteiger partial charge in [0.1, 0.15) is 0 Å². The zero-order chi connectivity index (χ0) is 19.7. The molecule has 154 valence electrons. The van der Waals surface area contributed by atoms with E-state index in [1.54, 1.807) is 13.4 Å². The predicted molar refractivity (Wildman–Crippen MR) is 116 cm³/mol. The Labute approximate surface area is 167 Å². The molecule has 1 aromatic rings. The fourth-order valence-corrected chi connectivity index (χ4v) is 3.36. The van der Waals surface area contributed by atoms with Gasteiger partial charge in [-0.2, -0.15) is 11.8 Å². The van der Waals surface area contributed by atoms with Crippen LogP contribution < -0.4 is 21.3 Å². The van der Waals surface area contributed by atoms with Crippen LogP contribution in [0.3, 0.4) is 0 Å². The molecule has 0 atom stereocenters. The van der Waals surface area contributed by atoms with Gasteiger partial charge >= 0.3 is 0 Å². The second-order valence-electron chi connectivity index (χ2n) is 6.43. The molecule has 0 saturated carbocycles. The van der Waals surface area contributed by atoms with Gasteiger partial charge in [-0.05, 0) is 19.8 Å². The van der Waals surface area contributed by atoms with Crippen LogP contribution in [0.25, 0.3) is 0 Å². The van der Waals surface area contributed by atoms with Crippen molar-refractivity contribution in [1.82, 2.24) is 31.2 Å². The number of thioether (sulfide) groups is 1. The van der Waals surface area contributed by atoms with Crippen LogP contribution in [0, 0.1) is 17.7 Å². The lowest BCUT2D eigenvalue weighted by molar-refractivity contribution is 0.583. The molecule has 0 fully saturated rings. The van der Waals surface area contributed by atoms with Crippen molar-refractivity contribution in [2.24, 2.45) is 0 Å². The molecule has 0 aromatic carbocycles. The number of aromatic amines is 1. The first kappa shape index (κ1) is 23.1. The molecule has 9 heteroatoms. The first-order valence-electron chi connectivity index (χ1n) is 9.76. The van der Waals surface area contributed by atoms with Crippen LogP contribution in [0.2, 0.25) is 0 Å². The minimum absolute atomic E-state index is 0.392. The molecular formula is C18H36N8S. The van der Waals surface area contributed by atoms with Crippen LogP contribution in [-0.2, 0) is 5.75 Å². The lowest BCUT2D eigenvalue weighted by Gasteiger charge is -2.10. The summed E-state index contributed by atoms with van der Waals surface area (Å²) in [6, 6.07) is 0. The third-order valence-electron chi connectivity index (χ3n) is 4.18. The lowest BCUT2D eigenvalue weighted by atomic mass is 10.1. The Balaban J connectivity index is 1.82. The molecule has 0 unspecified atom stereocenters. The van der Waals surface area contributed by atoms with E-state index in [2.05, 4.69) is 31.2 Å². The summed E-state index contributed by atoms with van der Waals surface area (Å²) in [4.78, 5) is 7.37. The van der Waals surface area contributed by atoms with Gasteiger partial charge in [-0.15, -0.1) is 0 Å². The number of rotatable bonds is 14. The third-order valence-corrected chi connectivity index (χ3v) is 5.15. The van der Waals surface area contributed by atoms with Gasteiger partial charge in [0.05, 0.1) is 12.0 Å². The van der Waals surface area contributed by atoms with Gasteiger partial charge in [-0.1, -0.05) is 25.7 Å². The molecule has 0 spiro atoms. The van der Waals surface area contributed by atoms with Crippen LogP contribution in [0.4, 0.5) is 0 Å². The Bertz CT molecular complexity index is 531. The van der Waals surface area contributed by atoms with Gasteiger partial charge < -0.3 is 26.3 Å². The average Bonchev–Trinajstić information content (AvgIpc) is 3.07. The van der Waals surface area contributed by atoms with Gasteiger partial charge in [0, 0.05) is 43.9 Å². The van der Waals surface area contributed by atoms with Crippen LogP contribution in [0.5, 0.6) is 0 Å². The van der Waals surface area contributed by atoms with Gasteiger partial charge in [0.2, 0.25) is 0 Å². The van der Waals surface area contributed by atoms with E-state index in [9.17, 15) is 0 Å². The van der Waals surface area contributed by atoms with E-state index < -0.39 is 0 Å². The standard InChI is InChI=1S/C18H36N8S/c1-15-16(26-14-25-15)13-27-12-11-24-18(20)23-10-8-6-4-3-5-7-9-22-17(19)21-2/h14H,3-13H2,1-2H3,(H,25,26)(H3,19,21,22)(H3,20,23,24). The fraction of sp³-hybridized carbons (Fsp3) is 0.722. The minimum atomic E-state index is 0.392. The SMILES string of the molecule is CNC(=N)NCCCCCCCCNC(=N)NCCSCc1nc[nH]c1C. The molecule has 1 heterocycles. The molecule has 0 aliphatic heterocycles. The molecule has 7 N–H and O–H groups in total. The number of aromatic nitrogens is 2. The maximum atomic E-state index is 7.86. The number of unbranched alkanes of at least 4 members (excludes halogenated alkanes) is 5. The third kappa shape index (κ3) is 12.2. The smallest absolute Gasteiger partial charge is 0.188 e. The highest BCUT2D eigenvalue weighted by Crippen LogP contribution is 2.11. The van der Waals surface area contributed by atoms with E-state index >= 15 is 0 Å². The summed E-state index contributed by atoms with van der Waals surface area (Å²) < 4.78 is 0. The second-order valence-corrected chi connectivity index (χ2v) is 7.53. The van der Waals surface area contributed by atoms with Crippen LogP contribution in [0.15, 0.2) is 6.33 Å². The largest absolute Gasteiger partial charge is 0.360 e. The summed E-state index contributed by atoms with van der Waals surface area (Å²) in [5.74, 6) is 2.68. The maximum absolute atomic E-state index is 7.86. The molecule has 1 aromatic heterocycles. The highest BCUT2D eigenvalue weighted by Gasteiger charge is 2.01. The maximum Gasteiger partial charge on any atom is 0.188 e. The Morgan fingerprint density at radius 2 is 1.56 bits per heavy atom. The van der Waals surface area contributed by atoms with Gasteiger partial charge in [0.25, 0.3) is 0 Å². The van der Waals surface area contributed by atoms with Crippen molar-refractivity contribution in [2.75, 3.05) is 32.4 Å². The highest BCUT2D eigenvalue weighted by molar-refractivity contribution is 7.98. The Morgan fingerprint density at radius 3 is 2.15 bits per heavy atom. The fourth-order valence-electron chi connectivity index (χ4n) is 2.48. The van der Waals surface area contributed by atoms with Crippen molar-refractivity contribution in [1.29, 1.82) is 10.8 Å². The Hall–Kier alpha value is -1.90. The topological polar surface area (TPSA) is 124 Å². The molecule has 1 rings (SSSR count). The summed E-state index contributed by atoms with van der Waals surface area (Å²) in [5, 5.41) is 27.3.